The van der Waals surface area contributed by atoms with Gasteiger partial charge in [0.05, 0.1) is 11.6 Å². The molecule has 0 heterocycles. The van der Waals surface area contributed by atoms with Crippen LogP contribution < -0.4 is 5.32 Å². The fraction of sp³-hybridized carbons (Fsp3) is 0.500. The maximum Gasteiger partial charge on any atom is 0.416 e. The van der Waals surface area contributed by atoms with Gasteiger partial charge in [-0.05, 0) is 37.0 Å². The van der Waals surface area contributed by atoms with Crippen LogP contribution in [-0.4, -0.2) is 5.91 Å². The summed E-state index contributed by atoms with van der Waals surface area (Å²) in [5.41, 5.74) is -0.220. The van der Waals surface area contributed by atoms with Crippen LogP contribution in [0.1, 0.15) is 37.4 Å². The van der Waals surface area contributed by atoms with Gasteiger partial charge in [0.1, 0.15) is 0 Å². The van der Waals surface area contributed by atoms with Crippen LogP contribution in [0.15, 0.2) is 24.3 Å². The number of carbonyl (C=O) groups excluding carboxylic acids is 1. The molecule has 0 bridgehead atoms. The maximum absolute atomic E-state index is 12.6. The highest BCUT2D eigenvalue weighted by Gasteiger charge is 2.39. The molecule has 1 aliphatic rings. The molecule has 5 heteroatoms. The third-order valence-electron chi connectivity index (χ3n) is 3.52. The van der Waals surface area contributed by atoms with Gasteiger partial charge < -0.3 is 5.32 Å². The topological polar surface area (TPSA) is 29.1 Å². The van der Waals surface area contributed by atoms with Crippen molar-refractivity contribution in [1.82, 2.24) is 5.32 Å². The zero-order valence-corrected chi connectivity index (χ0v) is 10.8. The molecule has 0 saturated heterocycles. The summed E-state index contributed by atoms with van der Waals surface area (Å²) in [5.74, 6) is 0.333. The van der Waals surface area contributed by atoms with Crippen LogP contribution in [0.4, 0.5) is 13.2 Å². The molecule has 0 aromatic heterocycles. The first-order chi connectivity index (χ1) is 8.79. The molecule has 2 nitrogen and oxygen atoms in total. The highest BCUT2D eigenvalue weighted by molar-refractivity contribution is 5.81. The number of hydrogen-bond donors (Lipinski definition) is 1. The van der Waals surface area contributed by atoms with Crippen LogP contribution in [-0.2, 0) is 11.0 Å². The van der Waals surface area contributed by atoms with Crippen molar-refractivity contribution in [1.29, 1.82) is 0 Å². The number of alkyl halides is 3. The normalized spacial score (nSPS) is 23.8. The Labute approximate surface area is 110 Å². The second-order valence-electron chi connectivity index (χ2n) is 5.17. The number of rotatable bonds is 3. The summed E-state index contributed by atoms with van der Waals surface area (Å²) in [5, 5.41) is 2.76. The standard InChI is InChI=1S/C14H16F3NO/c1-8-6-12(8)13(19)18-9(2)10-4-3-5-11(7-10)14(15,16)17/h3-5,7-9,12H,6H2,1-2H3,(H,18,19). The van der Waals surface area contributed by atoms with E-state index in [1.165, 1.54) is 6.07 Å². The van der Waals surface area contributed by atoms with Crippen molar-refractivity contribution in [2.45, 2.75) is 32.5 Å². The molecule has 0 spiro atoms. The van der Waals surface area contributed by atoms with E-state index in [9.17, 15) is 18.0 Å². The van der Waals surface area contributed by atoms with Gasteiger partial charge in [0, 0.05) is 5.92 Å². The number of benzene rings is 1. The van der Waals surface area contributed by atoms with Gasteiger partial charge in [-0.25, -0.2) is 0 Å². The minimum absolute atomic E-state index is 0.0215. The number of halogens is 3. The molecule has 3 unspecified atom stereocenters. The summed E-state index contributed by atoms with van der Waals surface area (Å²) in [4.78, 5) is 11.7. The average molecular weight is 271 g/mol. The fourth-order valence-electron chi connectivity index (χ4n) is 2.08. The Bertz CT molecular complexity index is 484. The fourth-order valence-corrected chi connectivity index (χ4v) is 2.08. The molecular weight excluding hydrogens is 255 g/mol. The minimum atomic E-state index is -4.36. The Hall–Kier alpha value is -1.52. The van der Waals surface area contributed by atoms with Crippen molar-refractivity contribution >= 4 is 5.91 Å². The molecule has 1 aromatic rings. The van der Waals surface area contributed by atoms with Crippen LogP contribution in [0.3, 0.4) is 0 Å². The van der Waals surface area contributed by atoms with Crippen LogP contribution in [0, 0.1) is 11.8 Å². The van der Waals surface area contributed by atoms with Gasteiger partial charge in [-0.3, -0.25) is 4.79 Å². The van der Waals surface area contributed by atoms with E-state index in [4.69, 9.17) is 0 Å². The SMILES string of the molecule is CC(NC(=O)C1CC1C)c1cccc(C(F)(F)F)c1. The van der Waals surface area contributed by atoms with Gasteiger partial charge in [0.15, 0.2) is 0 Å². The van der Waals surface area contributed by atoms with E-state index >= 15 is 0 Å². The highest BCUT2D eigenvalue weighted by atomic mass is 19.4. The Morgan fingerprint density at radius 2 is 2.05 bits per heavy atom. The monoisotopic (exact) mass is 271 g/mol. The van der Waals surface area contributed by atoms with Crippen LogP contribution in [0.2, 0.25) is 0 Å². The van der Waals surface area contributed by atoms with E-state index in [0.717, 1.165) is 18.6 Å². The van der Waals surface area contributed by atoms with Crippen LogP contribution >= 0.6 is 0 Å². The quantitative estimate of drug-likeness (QED) is 0.895. The third kappa shape index (κ3) is 3.28. The Morgan fingerprint density at radius 3 is 2.58 bits per heavy atom. The lowest BCUT2D eigenvalue weighted by Gasteiger charge is -2.16. The average Bonchev–Trinajstić information content (AvgIpc) is 3.05. The Kier molecular flexibility index (Phi) is 3.56. The van der Waals surface area contributed by atoms with Crippen molar-refractivity contribution < 1.29 is 18.0 Å². The summed E-state index contributed by atoms with van der Waals surface area (Å²) in [7, 11) is 0. The number of carbonyl (C=O) groups is 1. The molecule has 104 valence electrons. The molecule has 1 N–H and O–H groups in total. The molecule has 3 atom stereocenters. The molecule has 1 saturated carbocycles. The van der Waals surface area contributed by atoms with Gasteiger partial charge in [-0.1, -0.05) is 19.1 Å². The van der Waals surface area contributed by atoms with Crippen molar-refractivity contribution in [2.24, 2.45) is 11.8 Å². The van der Waals surface area contributed by atoms with E-state index in [1.807, 2.05) is 6.92 Å². The molecule has 1 fully saturated rings. The predicted molar refractivity (Wildman–Crippen MR) is 65.3 cm³/mol. The molecule has 1 amide bonds. The molecule has 2 rings (SSSR count). The number of nitrogens with one attached hydrogen (secondary N) is 1. The molecule has 1 aliphatic carbocycles. The van der Waals surface area contributed by atoms with Gasteiger partial charge in [-0.15, -0.1) is 0 Å². The number of hydrogen-bond acceptors (Lipinski definition) is 1. The summed E-state index contributed by atoms with van der Waals surface area (Å²) >= 11 is 0. The summed E-state index contributed by atoms with van der Waals surface area (Å²) < 4.78 is 37.8. The lowest BCUT2D eigenvalue weighted by atomic mass is 10.0. The first-order valence-corrected chi connectivity index (χ1v) is 6.26. The second kappa shape index (κ2) is 4.87. The van der Waals surface area contributed by atoms with E-state index in [2.05, 4.69) is 5.32 Å². The zero-order chi connectivity index (χ0) is 14.2. The van der Waals surface area contributed by atoms with E-state index in [-0.39, 0.29) is 11.8 Å². The Balaban J connectivity index is 2.06. The van der Waals surface area contributed by atoms with Crippen molar-refractivity contribution in [3.05, 3.63) is 35.4 Å². The lowest BCUT2D eigenvalue weighted by Crippen LogP contribution is -2.28. The molecule has 0 aliphatic heterocycles. The Morgan fingerprint density at radius 1 is 1.42 bits per heavy atom. The third-order valence-corrected chi connectivity index (χ3v) is 3.52. The molecule has 1 aromatic carbocycles. The summed E-state index contributed by atoms with van der Waals surface area (Å²) in [6.07, 6.45) is -3.49. The summed E-state index contributed by atoms with van der Waals surface area (Å²) in [6.45, 7) is 3.68. The molecular formula is C14H16F3NO. The first-order valence-electron chi connectivity index (χ1n) is 6.26. The van der Waals surface area contributed by atoms with Gasteiger partial charge in [-0.2, -0.15) is 13.2 Å². The van der Waals surface area contributed by atoms with Crippen molar-refractivity contribution in [3.63, 3.8) is 0 Å². The lowest BCUT2D eigenvalue weighted by molar-refractivity contribution is -0.137. The predicted octanol–water partition coefficient (Wildman–Crippen LogP) is 3.54. The minimum Gasteiger partial charge on any atom is -0.349 e. The van der Waals surface area contributed by atoms with Gasteiger partial charge >= 0.3 is 6.18 Å². The van der Waals surface area contributed by atoms with E-state index < -0.39 is 17.8 Å². The van der Waals surface area contributed by atoms with E-state index in [1.54, 1.807) is 13.0 Å². The van der Waals surface area contributed by atoms with Gasteiger partial charge in [0.2, 0.25) is 5.91 Å². The largest absolute Gasteiger partial charge is 0.416 e. The van der Waals surface area contributed by atoms with Crippen LogP contribution in [0.5, 0.6) is 0 Å². The maximum atomic E-state index is 12.6. The highest BCUT2D eigenvalue weighted by Crippen LogP contribution is 2.38. The smallest absolute Gasteiger partial charge is 0.349 e. The van der Waals surface area contributed by atoms with Crippen molar-refractivity contribution in [3.8, 4) is 0 Å². The number of amides is 1. The van der Waals surface area contributed by atoms with Crippen LogP contribution in [0.25, 0.3) is 0 Å². The van der Waals surface area contributed by atoms with E-state index in [0.29, 0.717) is 11.5 Å². The van der Waals surface area contributed by atoms with Crippen molar-refractivity contribution in [2.75, 3.05) is 0 Å². The molecule has 19 heavy (non-hydrogen) atoms. The second-order valence-corrected chi connectivity index (χ2v) is 5.17. The first kappa shape index (κ1) is 13.9. The molecule has 0 radical (unpaired) electrons. The van der Waals surface area contributed by atoms with Gasteiger partial charge in [0.25, 0.3) is 0 Å². The summed E-state index contributed by atoms with van der Waals surface area (Å²) in [6, 6.07) is 4.65. The zero-order valence-electron chi connectivity index (χ0n) is 10.8.